The fourth-order valence-corrected chi connectivity index (χ4v) is 7.28. The number of aromatic nitrogens is 3. The summed E-state index contributed by atoms with van der Waals surface area (Å²) in [6.45, 7) is 8.91. The Kier molecular flexibility index (Phi) is 12.1. The van der Waals surface area contributed by atoms with E-state index in [9.17, 15) is 14.8 Å². The van der Waals surface area contributed by atoms with Crippen LogP contribution in [0.15, 0.2) is 76.2 Å². The summed E-state index contributed by atoms with van der Waals surface area (Å²) >= 11 is 2.43. The van der Waals surface area contributed by atoms with Gasteiger partial charge in [0, 0.05) is 31.2 Å². The Balaban J connectivity index is 1.13. The minimum Gasteiger partial charge on any atom is -0.444 e. The first-order chi connectivity index (χ1) is 23.5. The quantitative estimate of drug-likeness (QED) is 0.0978. The van der Waals surface area contributed by atoms with Gasteiger partial charge >= 0.3 is 6.09 Å². The first-order valence-corrected chi connectivity index (χ1v) is 17.9. The Labute approximate surface area is 294 Å². The van der Waals surface area contributed by atoms with Crippen LogP contribution >= 0.6 is 23.1 Å². The molecule has 1 aliphatic rings. The van der Waals surface area contributed by atoms with Crippen LogP contribution in [0.25, 0.3) is 0 Å². The third-order valence-corrected chi connectivity index (χ3v) is 9.85. The summed E-state index contributed by atoms with van der Waals surface area (Å²) in [5.41, 5.74) is 0.921. The zero-order valence-electron chi connectivity index (χ0n) is 28.1. The molecule has 0 bridgehead atoms. The Morgan fingerprint density at radius 2 is 1.86 bits per heavy atom. The molecule has 49 heavy (non-hydrogen) atoms. The first-order valence-electron chi connectivity index (χ1n) is 16.3. The molecular formula is C35H42FN7O4S2. The van der Waals surface area contributed by atoms with Gasteiger partial charge in [-0.05, 0) is 63.8 Å². The Morgan fingerprint density at radius 1 is 1.10 bits per heavy atom. The zero-order valence-corrected chi connectivity index (χ0v) is 29.7. The average molecular weight is 708 g/mol. The molecule has 1 aromatic carbocycles. The summed E-state index contributed by atoms with van der Waals surface area (Å²) in [4.78, 5) is 40.2. The van der Waals surface area contributed by atoms with E-state index in [0.717, 1.165) is 48.7 Å². The normalized spacial score (nSPS) is 14.3. The summed E-state index contributed by atoms with van der Waals surface area (Å²) in [7, 11) is 0. The molecule has 1 atom stereocenters. The lowest BCUT2D eigenvalue weighted by Gasteiger charge is -2.34. The average Bonchev–Trinajstić information content (AvgIpc) is 3.52. The molecule has 1 aliphatic heterocycles. The molecule has 5 rings (SSSR count). The fraction of sp³-hybridized carbons (Fsp3) is 0.400. The van der Waals surface area contributed by atoms with Crippen molar-refractivity contribution in [1.29, 1.82) is 0 Å². The smallest absolute Gasteiger partial charge is 0.410 e. The van der Waals surface area contributed by atoms with Gasteiger partial charge in [-0.15, -0.1) is 0 Å². The van der Waals surface area contributed by atoms with Gasteiger partial charge in [0.05, 0.1) is 33.7 Å². The lowest BCUT2D eigenvalue weighted by atomic mass is 9.94. The summed E-state index contributed by atoms with van der Waals surface area (Å²) < 4.78 is 21.7. The molecule has 3 aromatic heterocycles. The zero-order chi connectivity index (χ0) is 35.0. The number of amides is 2. The van der Waals surface area contributed by atoms with Gasteiger partial charge in [0.1, 0.15) is 11.4 Å². The molecule has 1 saturated heterocycles. The van der Waals surface area contributed by atoms with Crippen LogP contribution in [0, 0.1) is 5.82 Å². The van der Waals surface area contributed by atoms with Crippen LogP contribution in [0.1, 0.15) is 75.3 Å². The van der Waals surface area contributed by atoms with E-state index in [-0.39, 0.29) is 29.5 Å². The summed E-state index contributed by atoms with van der Waals surface area (Å²) in [5, 5.41) is 18.5. The van der Waals surface area contributed by atoms with Crippen molar-refractivity contribution in [3.05, 3.63) is 84.2 Å². The number of halogens is 1. The second kappa shape index (κ2) is 16.4. The number of anilines is 3. The van der Waals surface area contributed by atoms with Crippen LogP contribution in [0.2, 0.25) is 0 Å². The third kappa shape index (κ3) is 10.1. The minimum atomic E-state index is -0.890. The number of carbonyl (C=O) groups excluding carboxylic acids is 2. The van der Waals surface area contributed by atoms with Crippen molar-refractivity contribution in [3.8, 4) is 0 Å². The van der Waals surface area contributed by atoms with Crippen molar-refractivity contribution in [3.63, 3.8) is 0 Å². The molecule has 0 saturated carbocycles. The Hall–Kier alpha value is -4.27. The molecule has 2 amide bonds. The summed E-state index contributed by atoms with van der Waals surface area (Å²) in [6, 6.07) is 15.1. The van der Waals surface area contributed by atoms with Crippen molar-refractivity contribution in [2.24, 2.45) is 0 Å². The number of hydroxylamine groups is 2. The fourth-order valence-electron chi connectivity index (χ4n) is 5.41. The van der Waals surface area contributed by atoms with E-state index in [1.165, 1.54) is 23.6 Å². The third-order valence-electron chi connectivity index (χ3n) is 7.80. The van der Waals surface area contributed by atoms with Crippen molar-refractivity contribution in [1.82, 2.24) is 24.9 Å². The monoisotopic (exact) mass is 707 g/mol. The van der Waals surface area contributed by atoms with E-state index in [0.29, 0.717) is 33.3 Å². The highest BCUT2D eigenvalue weighted by Crippen LogP contribution is 2.36. The van der Waals surface area contributed by atoms with E-state index in [2.05, 4.69) is 25.6 Å². The number of likely N-dealkylation sites (tertiary alicyclic amines) is 1. The maximum atomic E-state index is 15.5. The molecule has 260 valence electrons. The molecule has 14 heteroatoms. The lowest BCUT2D eigenvalue weighted by molar-refractivity contribution is -0.0630. The number of rotatable bonds is 12. The van der Waals surface area contributed by atoms with Crippen molar-refractivity contribution < 1.29 is 23.9 Å². The van der Waals surface area contributed by atoms with Gasteiger partial charge in [0.15, 0.2) is 16.6 Å². The molecule has 0 radical (unpaired) electrons. The van der Waals surface area contributed by atoms with Gasteiger partial charge in [0.25, 0.3) is 5.91 Å². The molecule has 0 spiro atoms. The number of pyridine rings is 2. The van der Waals surface area contributed by atoms with Crippen molar-refractivity contribution in [2.75, 3.05) is 30.3 Å². The number of hydrogen-bond donors (Lipinski definition) is 3. The largest absolute Gasteiger partial charge is 0.444 e. The van der Waals surface area contributed by atoms with Crippen LogP contribution in [0.4, 0.5) is 25.8 Å². The predicted molar refractivity (Wildman–Crippen MR) is 189 cm³/mol. The topological polar surface area (TPSA) is 133 Å². The minimum absolute atomic E-state index is 0.0271. The van der Waals surface area contributed by atoms with Crippen molar-refractivity contribution in [2.45, 2.75) is 80.0 Å². The van der Waals surface area contributed by atoms with E-state index in [1.54, 1.807) is 17.3 Å². The Bertz CT molecular complexity index is 1690. The van der Waals surface area contributed by atoms with Crippen LogP contribution in [-0.2, 0) is 4.74 Å². The van der Waals surface area contributed by atoms with Crippen LogP contribution < -0.4 is 10.6 Å². The molecule has 4 heterocycles. The molecule has 1 fully saturated rings. The Morgan fingerprint density at radius 3 is 2.53 bits per heavy atom. The lowest BCUT2D eigenvalue weighted by Crippen LogP contribution is -2.44. The number of thiazole rings is 1. The first kappa shape index (κ1) is 36.0. The molecular weight excluding hydrogens is 666 g/mol. The molecule has 0 aliphatic carbocycles. The number of benzene rings is 1. The van der Waals surface area contributed by atoms with Crippen LogP contribution in [0.3, 0.4) is 0 Å². The van der Waals surface area contributed by atoms with Gasteiger partial charge < -0.3 is 20.3 Å². The number of nitrogens with one attached hydrogen (secondary N) is 2. The number of nitrogens with zero attached hydrogens (tertiary/aromatic N) is 5. The number of ether oxygens (including phenoxy) is 1. The molecule has 1 unspecified atom stereocenters. The second-order valence-corrected chi connectivity index (χ2v) is 15.2. The van der Waals surface area contributed by atoms with Gasteiger partial charge in [-0.1, -0.05) is 66.8 Å². The number of piperidine rings is 1. The van der Waals surface area contributed by atoms with Gasteiger partial charge in [-0.25, -0.2) is 29.2 Å². The highest BCUT2D eigenvalue weighted by atomic mass is 32.2. The maximum absolute atomic E-state index is 15.5. The highest BCUT2D eigenvalue weighted by molar-refractivity contribution is 8.01. The molecule has 11 nitrogen and oxygen atoms in total. The van der Waals surface area contributed by atoms with Crippen LogP contribution in [0.5, 0.6) is 0 Å². The maximum Gasteiger partial charge on any atom is 0.410 e. The second-order valence-electron chi connectivity index (χ2n) is 12.8. The van der Waals surface area contributed by atoms with E-state index in [1.807, 2.05) is 70.2 Å². The van der Waals surface area contributed by atoms with Crippen molar-refractivity contribution >= 4 is 51.7 Å². The molecule has 3 N–H and O–H groups in total. The number of hydrogen-bond acceptors (Lipinski definition) is 11. The van der Waals surface area contributed by atoms with E-state index >= 15 is 4.39 Å². The van der Waals surface area contributed by atoms with Gasteiger partial charge in [-0.3, -0.25) is 10.0 Å². The number of carbonyl (C=O) groups is 2. The van der Waals surface area contributed by atoms with E-state index < -0.39 is 23.0 Å². The predicted octanol–water partition coefficient (Wildman–Crippen LogP) is 8.19. The van der Waals surface area contributed by atoms with Crippen LogP contribution in [-0.4, -0.2) is 73.4 Å². The van der Waals surface area contributed by atoms with Gasteiger partial charge in [0.2, 0.25) is 0 Å². The highest BCUT2D eigenvalue weighted by Gasteiger charge is 2.27. The van der Waals surface area contributed by atoms with E-state index in [4.69, 9.17) is 4.74 Å². The van der Waals surface area contributed by atoms with Gasteiger partial charge in [-0.2, -0.15) is 0 Å². The summed E-state index contributed by atoms with van der Waals surface area (Å²) in [5.74, 6) is -1.19. The SMILES string of the molecule is CCCC(CN(O)C(=O)c1nccc(Sc2cnc(Nc3ccc(NC4CCN(C(=O)OC(C)(C)C)CC4)cn3)s2)c1F)c1ccccc1. The standard InChI is InChI=1S/C35H42FN7O4S2/c1-5-9-24(23-10-7-6-8-11-23)22-43(46)32(44)31-30(36)27(14-17-37-31)48-29-21-39-33(49-29)41-28-13-12-26(20-38-28)40-25-15-18-42(19-16-25)34(45)47-35(2,3)4/h6-8,10-14,17,20-21,24-25,40,46H,5,9,15-16,18-19,22H2,1-4H3,(H,38,39,41). The summed E-state index contributed by atoms with van der Waals surface area (Å²) in [6.07, 6.45) is 7.67. The molecule has 4 aromatic rings.